The Balaban J connectivity index is 1.93. The van der Waals surface area contributed by atoms with Crippen molar-refractivity contribution >= 4 is 12.6 Å². The van der Waals surface area contributed by atoms with E-state index in [-0.39, 0.29) is 5.46 Å². The summed E-state index contributed by atoms with van der Waals surface area (Å²) in [6.45, 7) is 0.389. The van der Waals surface area contributed by atoms with Gasteiger partial charge in [0.05, 0.1) is 6.61 Å². The molecule has 0 aliphatic rings. The average Bonchev–Trinajstić information content (AvgIpc) is 2.75. The van der Waals surface area contributed by atoms with Crippen LogP contribution in [0.2, 0.25) is 0 Å². The molecule has 19 heavy (non-hydrogen) atoms. The number of aromatic nitrogens is 2. The number of rotatable bonds is 5. The van der Waals surface area contributed by atoms with Crippen LogP contribution in [0.25, 0.3) is 0 Å². The summed E-state index contributed by atoms with van der Waals surface area (Å²) in [5, 5.41) is 21.8. The van der Waals surface area contributed by atoms with Crippen LogP contribution in [0.1, 0.15) is 5.69 Å². The van der Waals surface area contributed by atoms with Crippen molar-refractivity contribution in [1.82, 2.24) is 9.78 Å². The van der Waals surface area contributed by atoms with Gasteiger partial charge in [-0.05, 0) is 12.1 Å². The third kappa shape index (κ3) is 3.33. The molecule has 0 amide bonds. The van der Waals surface area contributed by atoms with E-state index in [1.807, 2.05) is 13.1 Å². The smallest absolute Gasteiger partial charge is 0.491 e. The van der Waals surface area contributed by atoms with E-state index in [2.05, 4.69) is 5.10 Å². The van der Waals surface area contributed by atoms with Crippen LogP contribution in [0.4, 0.5) is 4.39 Å². The van der Waals surface area contributed by atoms with E-state index in [0.717, 1.165) is 11.8 Å². The van der Waals surface area contributed by atoms with Gasteiger partial charge in [0.25, 0.3) is 0 Å². The van der Waals surface area contributed by atoms with Crippen LogP contribution in [-0.4, -0.2) is 33.6 Å². The molecule has 0 radical (unpaired) electrons. The van der Waals surface area contributed by atoms with Crippen LogP contribution in [0.3, 0.4) is 0 Å². The van der Waals surface area contributed by atoms with Gasteiger partial charge < -0.3 is 14.8 Å². The number of halogens is 1. The molecular formula is C12H14BFN2O3. The van der Waals surface area contributed by atoms with Gasteiger partial charge in [-0.25, -0.2) is 4.39 Å². The summed E-state index contributed by atoms with van der Waals surface area (Å²) in [6, 6.07) is 5.81. The molecule has 0 unspecified atom stereocenters. The van der Waals surface area contributed by atoms with Gasteiger partial charge in [0.2, 0.25) is 0 Å². The van der Waals surface area contributed by atoms with E-state index >= 15 is 0 Å². The minimum Gasteiger partial charge on any atom is -0.493 e. The number of ether oxygens (including phenoxy) is 1. The van der Waals surface area contributed by atoms with Crippen LogP contribution >= 0.6 is 0 Å². The number of hydrogen-bond acceptors (Lipinski definition) is 4. The summed E-state index contributed by atoms with van der Waals surface area (Å²) in [7, 11) is 0.0235. The van der Waals surface area contributed by atoms with Crippen molar-refractivity contribution in [3.8, 4) is 5.75 Å². The van der Waals surface area contributed by atoms with E-state index in [9.17, 15) is 4.39 Å². The minimum absolute atomic E-state index is 0.168. The van der Waals surface area contributed by atoms with Crippen molar-refractivity contribution in [2.24, 2.45) is 7.05 Å². The molecule has 5 nitrogen and oxygen atoms in total. The highest BCUT2D eigenvalue weighted by atomic mass is 19.1. The summed E-state index contributed by atoms with van der Waals surface area (Å²) >= 11 is 0. The Labute approximate surface area is 110 Å². The van der Waals surface area contributed by atoms with Gasteiger partial charge in [-0.15, -0.1) is 0 Å². The van der Waals surface area contributed by atoms with Gasteiger partial charge in [-0.2, -0.15) is 5.10 Å². The van der Waals surface area contributed by atoms with Crippen LogP contribution < -0.4 is 10.2 Å². The molecular weight excluding hydrogens is 250 g/mol. The predicted molar refractivity (Wildman–Crippen MR) is 68.6 cm³/mol. The van der Waals surface area contributed by atoms with E-state index in [1.165, 1.54) is 12.1 Å². The monoisotopic (exact) mass is 264 g/mol. The highest BCUT2D eigenvalue weighted by molar-refractivity contribution is 6.58. The first-order valence-electron chi connectivity index (χ1n) is 5.83. The standard InChI is InChI=1S/C12H14BFN2O3/c1-16-9(4-6-15-16)5-7-19-10-2-3-11(13(17)18)12(14)8-10/h2-4,6,8,17-18H,5,7H2,1H3. The topological polar surface area (TPSA) is 67.5 Å². The molecule has 1 aromatic heterocycles. The van der Waals surface area contributed by atoms with Gasteiger partial charge in [0.15, 0.2) is 0 Å². The van der Waals surface area contributed by atoms with Crippen LogP contribution in [0.5, 0.6) is 5.75 Å². The van der Waals surface area contributed by atoms with Crippen molar-refractivity contribution in [2.45, 2.75) is 6.42 Å². The first-order valence-corrected chi connectivity index (χ1v) is 5.83. The second-order valence-electron chi connectivity index (χ2n) is 4.10. The van der Waals surface area contributed by atoms with Crippen LogP contribution in [0.15, 0.2) is 30.5 Å². The zero-order valence-corrected chi connectivity index (χ0v) is 10.5. The van der Waals surface area contributed by atoms with E-state index < -0.39 is 12.9 Å². The van der Waals surface area contributed by atoms with Crippen molar-refractivity contribution < 1.29 is 19.2 Å². The highest BCUT2D eigenvalue weighted by Crippen LogP contribution is 2.11. The molecule has 0 fully saturated rings. The Hall–Kier alpha value is -1.86. The molecule has 1 heterocycles. The SMILES string of the molecule is Cn1nccc1CCOc1ccc(B(O)O)c(F)c1. The lowest BCUT2D eigenvalue weighted by molar-refractivity contribution is 0.317. The molecule has 0 bridgehead atoms. The average molecular weight is 264 g/mol. The molecule has 0 saturated carbocycles. The highest BCUT2D eigenvalue weighted by Gasteiger charge is 2.16. The van der Waals surface area contributed by atoms with E-state index in [4.69, 9.17) is 14.8 Å². The Morgan fingerprint density at radius 2 is 2.16 bits per heavy atom. The van der Waals surface area contributed by atoms with Gasteiger partial charge in [0, 0.05) is 36.9 Å². The maximum absolute atomic E-state index is 13.5. The number of hydrogen-bond donors (Lipinski definition) is 2. The summed E-state index contributed by atoms with van der Waals surface area (Å²) in [5.74, 6) is -0.350. The summed E-state index contributed by atoms with van der Waals surface area (Å²) in [5.41, 5.74) is 0.849. The Morgan fingerprint density at radius 1 is 1.37 bits per heavy atom. The van der Waals surface area contributed by atoms with E-state index in [1.54, 1.807) is 10.9 Å². The number of nitrogens with zero attached hydrogens (tertiary/aromatic N) is 2. The molecule has 1 aromatic carbocycles. The molecule has 2 N–H and O–H groups in total. The summed E-state index contributed by atoms with van der Waals surface area (Å²) in [6.07, 6.45) is 2.36. The number of benzene rings is 1. The van der Waals surface area contributed by atoms with E-state index in [0.29, 0.717) is 18.8 Å². The molecule has 7 heteroatoms. The fourth-order valence-electron chi connectivity index (χ4n) is 1.73. The zero-order chi connectivity index (χ0) is 13.8. The summed E-state index contributed by atoms with van der Waals surface area (Å²) in [4.78, 5) is 0. The first-order chi connectivity index (χ1) is 9.08. The fourth-order valence-corrected chi connectivity index (χ4v) is 1.73. The Bertz CT molecular complexity index is 560. The Kier molecular flexibility index (Phi) is 4.18. The lowest BCUT2D eigenvalue weighted by Crippen LogP contribution is -2.32. The van der Waals surface area contributed by atoms with Gasteiger partial charge in [0.1, 0.15) is 11.6 Å². The van der Waals surface area contributed by atoms with Crippen LogP contribution in [-0.2, 0) is 13.5 Å². The van der Waals surface area contributed by atoms with Crippen molar-refractivity contribution in [2.75, 3.05) is 6.61 Å². The zero-order valence-electron chi connectivity index (χ0n) is 10.5. The number of aryl methyl sites for hydroxylation is 1. The molecule has 0 spiro atoms. The lowest BCUT2D eigenvalue weighted by Gasteiger charge is -2.08. The van der Waals surface area contributed by atoms with Gasteiger partial charge in [-0.1, -0.05) is 6.07 Å². The minimum atomic E-state index is -1.82. The molecule has 100 valence electrons. The normalized spacial score (nSPS) is 10.5. The third-order valence-electron chi connectivity index (χ3n) is 2.80. The van der Waals surface area contributed by atoms with Crippen molar-refractivity contribution in [1.29, 1.82) is 0 Å². The quantitative estimate of drug-likeness (QED) is 0.738. The van der Waals surface area contributed by atoms with Gasteiger partial charge in [-0.3, -0.25) is 4.68 Å². The second-order valence-corrected chi connectivity index (χ2v) is 4.10. The predicted octanol–water partition coefficient (Wildman–Crippen LogP) is -0.140. The molecule has 2 aromatic rings. The first kappa shape index (κ1) is 13.6. The van der Waals surface area contributed by atoms with Crippen molar-refractivity contribution in [3.05, 3.63) is 42.0 Å². The third-order valence-corrected chi connectivity index (χ3v) is 2.80. The second kappa shape index (κ2) is 5.86. The maximum atomic E-state index is 13.5. The largest absolute Gasteiger partial charge is 0.493 e. The van der Waals surface area contributed by atoms with Gasteiger partial charge >= 0.3 is 7.12 Å². The maximum Gasteiger partial charge on any atom is 0.491 e. The fraction of sp³-hybridized carbons (Fsp3) is 0.250. The molecule has 0 saturated heterocycles. The molecule has 0 atom stereocenters. The van der Waals surface area contributed by atoms with Crippen molar-refractivity contribution in [3.63, 3.8) is 0 Å². The lowest BCUT2D eigenvalue weighted by atomic mass is 9.80. The molecule has 0 aliphatic carbocycles. The molecule has 0 aliphatic heterocycles. The summed E-state index contributed by atoms with van der Waals surface area (Å²) < 4.78 is 20.6. The Morgan fingerprint density at radius 3 is 2.74 bits per heavy atom. The molecule has 2 rings (SSSR count). The van der Waals surface area contributed by atoms with Crippen LogP contribution in [0, 0.1) is 5.82 Å².